The summed E-state index contributed by atoms with van der Waals surface area (Å²) in [6.07, 6.45) is 0. The maximum atomic E-state index is 11.8. The standard InChI is InChI=1S/C14H17N3OS/c1-9-7-19-8-10(9)6-17-13-5-11(15)3-4-12(13)14(18)16-2/h3-5,7-8,17H,6,15H2,1-2H3,(H,16,18). The summed E-state index contributed by atoms with van der Waals surface area (Å²) in [7, 11) is 1.62. The molecule has 0 saturated heterocycles. The Morgan fingerprint density at radius 2 is 2.16 bits per heavy atom. The van der Waals surface area contributed by atoms with Crippen LogP contribution in [0.15, 0.2) is 29.0 Å². The molecule has 1 aromatic heterocycles. The van der Waals surface area contributed by atoms with Crippen molar-refractivity contribution in [2.75, 3.05) is 18.1 Å². The van der Waals surface area contributed by atoms with E-state index in [1.807, 2.05) is 0 Å². The van der Waals surface area contributed by atoms with Crippen molar-refractivity contribution in [2.24, 2.45) is 0 Å². The number of aryl methyl sites for hydroxylation is 1. The number of carbonyl (C=O) groups excluding carboxylic acids is 1. The molecule has 0 bridgehead atoms. The lowest BCUT2D eigenvalue weighted by Crippen LogP contribution is -2.19. The van der Waals surface area contributed by atoms with Gasteiger partial charge in [0.25, 0.3) is 5.91 Å². The summed E-state index contributed by atoms with van der Waals surface area (Å²) in [5.41, 5.74) is 10.3. The maximum Gasteiger partial charge on any atom is 0.253 e. The van der Waals surface area contributed by atoms with Gasteiger partial charge in [-0.3, -0.25) is 4.79 Å². The van der Waals surface area contributed by atoms with E-state index < -0.39 is 0 Å². The van der Waals surface area contributed by atoms with Crippen molar-refractivity contribution in [2.45, 2.75) is 13.5 Å². The summed E-state index contributed by atoms with van der Waals surface area (Å²) in [5, 5.41) is 10.1. The topological polar surface area (TPSA) is 67.2 Å². The molecule has 0 radical (unpaired) electrons. The van der Waals surface area contributed by atoms with Crippen molar-refractivity contribution in [3.05, 3.63) is 45.6 Å². The molecule has 19 heavy (non-hydrogen) atoms. The molecular formula is C14H17N3OS. The zero-order valence-electron chi connectivity index (χ0n) is 11.0. The van der Waals surface area contributed by atoms with Crippen molar-refractivity contribution in [3.63, 3.8) is 0 Å². The number of nitrogens with two attached hydrogens (primary N) is 1. The van der Waals surface area contributed by atoms with Crippen LogP contribution in [0.4, 0.5) is 11.4 Å². The number of rotatable bonds is 4. The highest BCUT2D eigenvalue weighted by Crippen LogP contribution is 2.21. The Morgan fingerprint density at radius 1 is 1.37 bits per heavy atom. The minimum absolute atomic E-state index is 0.121. The van der Waals surface area contributed by atoms with Crippen LogP contribution in [-0.2, 0) is 6.54 Å². The predicted molar refractivity (Wildman–Crippen MR) is 80.6 cm³/mol. The van der Waals surface area contributed by atoms with Gasteiger partial charge in [-0.1, -0.05) is 0 Å². The number of nitrogen functional groups attached to an aromatic ring is 1. The Balaban J connectivity index is 2.21. The fraction of sp³-hybridized carbons (Fsp3) is 0.214. The SMILES string of the molecule is CNC(=O)c1ccc(N)cc1NCc1cscc1C. The third kappa shape index (κ3) is 3.06. The lowest BCUT2D eigenvalue weighted by Gasteiger charge is -2.12. The van der Waals surface area contributed by atoms with Crippen molar-refractivity contribution < 1.29 is 4.79 Å². The minimum Gasteiger partial charge on any atom is -0.399 e. The summed E-state index contributed by atoms with van der Waals surface area (Å²) < 4.78 is 0. The molecule has 2 rings (SSSR count). The Hall–Kier alpha value is -2.01. The van der Waals surface area contributed by atoms with Crippen molar-refractivity contribution in [3.8, 4) is 0 Å². The molecule has 5 heteroatoms. The Bertz CT molecular complexity index is 592. The van der Waals surface area contributed by atoms with Gasteiger partial charge in [0.05, 0.1) is 5.56 Å². The van der Waals surface area contributed by atoms with Gasteiger partial charge in [-0.2, -0.15) is 11.3 Å². The van der Waals surface area contributed by atoms with E-state index in [9.17, 15) is 4.79 Å². The average molecular weight is 275 g/mol. The number of amides is 1. The number of thiophene rings is 1. The van der Waals surface area contributed by atoms with Gasteiger partial charge in [0.1, 0.15) is 0 Å². The van der Waals surface area contributed by atoms with Gasteiger partial charge in [0, 0.05) is 25.0 Å². The average Bonchev–Trinajstić information content (AvgIpc) is 2.81. The molecule has 4 nitrogen and oxygen atoms in total. The zero-order valence-corrected chi connectivity index (χ0v) is 11.8. The molecule has 0 unspecified atom stereocenters. The molecule has 0 spiro atoms. The van der Waals surface area contributed by atoms with Crippen LogP contribution in [0.3, 0.4) is 0 Å². The first kappa shape index (κ1) is 13.4. The summed E-state index contributed by atoms with van der Waals surface area (Å²) in [5.74, 6) is -0.121. The Kier molecular flexibility index (Phi) is 4.06. The molecule has 1 amide bonds. The van der Waals surface area contributed by atoms with Crippen LogP contribution in [0.2, 0.25) is 0 Å². The largest absolute Gasteiger partial charge is 0.399 e. The number of nitrogens with one attached hydrogen (secondary N) is 2. The van der Waals surface area contributed by atoms with Crippen LogP contribution in [0.1, 0.15) is 21.5 Å². The summed E-state index contributed by atoms with van der Waals surface area (Å²) >= 11 is 1.68. The molecule has 0 saturated carbocycles. The number of hydrogen-bond acceptors (Lipinski definition) is 4. The number of anilines is 2. The van der Waals surface area contributed by atoms with Crippen molar-refractivity contribution >= 4 is 28.6 Å². The molecule has 0 aliphatic carbocycles. The van der Waals surface area contributed by atoms with Crippen LogP contribution in [0.25, 0.3) is 0 Å². The summed E-state index contributed by atoms with van der Waals surface area (Å²) in [6.45, 7) is 2.76. The van der Waals surface area contributed by atoms with Gasteiger partial charge in [-0.05, 0) is 47.0 Å². The molecule has 4 N–H and O–H groups in total. The molecule has 100 valence electrons. The van der Waals surface area contributed by atoms with Gasteiger partial charge >= 0.3 is 0 Å². The summed E-state index contributed by atoms with van der Waals surface area (Å²) in [6, 6.07) is 5.24. The maximum absolute atomic E-state index is 11.8. The van der Waals surface area contributed by atoms with Crippen molar-refractivity contribution in [1.29, 1.82) is 0 Å². The highest BCUT2D eigenvalue weighted by molar-refractivity contribution is 7.08. The molecule has 0 atom stereocenters. The highest BCUT2D eigenvalue weighted by atomic mass is 32.1. The highest BCUT2D eigenvalue weighted by Gasteiger charge is 2.10. The number of carbonyl (C=O) groups is 1. The predicted octanol–water partition coefficient (Wildman–Crippen LogP) is 2.61. The van der Waals surface area contributed by atoms with Gasteiger partial charge in [0.15, 0.2) is 0 Å². The van der Waals surface area contributed by atoms with Crippen LogP contribution in [0, 0.1) is 6.92 Å². The first-order valence-electron chi connectivity index (χ1n) is 5.99. The molecule has 0 aliphatic heterocycles. The fourth-order valence-corrected chi connectivity index (χ4v) is 2.66. The second-order valence-electron chi connectivity index (χ2n) is 4.32. The van der Waals surface area contributed by atoms with E-state index in [0.717, 1.165) is 5.69 Å². The second kappa shape index (κ2) is 5.75. The van der Waals surface area contributed by atoms with Gasteiger partial charge in [-0.15, -0.1) is 0 Å². The quantitative estimate of drug-likeness (QED) is 0.751. The fourth-order valence-electron chi connectivity index (χ4n) is 1.80. The normalized spacial score (nSPS) is 10.2. The van der Waals surface area contributed by atoms with Gasteiger partial charge in [-0.25, -0.2) is 0 Å². The van der Waals surface area contributed by atoms with E-state index >= 15 is 0 Å². The Morgan fingerprint density at radius 3 is 2.79 bits per heavy atom. The first-order valence-corrected chi connectivity index (χ1v) is 6.93. The molecule has 0 aliphatic rings. The van der Waals surface area contributed by atoms with Crippen molar-refractivity contribution in [1.82, 2.24) is 5.32 Å². The monoisotopic (exact) mass is 275 g/mol. The lowest BCUT2D eigenvalue weighted by molar-refractivity contribution is 0.0964. The number of benzene rings is 1. The summed E-state index contributed by atoms with van der Waals surface area (Å²) in [4.78, 5) is 11.8. The lowest BCUT2D eigenvalue weighted by atomic mass is 10.1. The minimum atomic E-state index is -0.121. The Labute approximate surface area is 116 Å². The molecular weight excluding hydrogens is 258 g/mol. The van der Waals surface area contributed by atoms with E-state index in [4.69, 9.17) is 5.73 Å². The smallest absolute Gasteiger partial charge is 0.253 e. The van der Waals surface area contributed by atoms with Gasteiger partial charge in [0.2, 0.25) is 0 Å². The molecule has 1 aromatic carbocycles. The van der Waals surface area contributed by atoms with E-state index in [0.29, 0.717) is 17.8 Å². The third-order valence-electron chi connectivity index (χ3n) is 2.95. The van der Waals surface area contributed by atoms with Crippen LogP contribution in [0.5, 0.6) is 0 Å². The van der Waals surface area contributed by atoms with E-state index in [1.54, 1.807) is 36.6 Å². The van der Waals surface area contributed by atoms with Crippen LogP contribution < -0.4 is 16.4 Å². The molecule has 1 heterocycles. The van der Waals surface area contributed by atoms with E-state index in [1.165, 1.54) is 11.1 Å². The second-order valence-corrected chi connectivity index (χ2v) is 5.06. The number of hydrogen-bond donors (Lipinski definition) is 3. The molecule has 2 aromatic rings. The van der Waals surface area contributed by atoms with E-state index in [2.05, 4.69) is 28.3 Å². The van der Waals surface area contributed by atoms with Crippen LogP contribution in [-0.4, -0.2) is 13.0 Å². The molecule has 0 fully saturated rings. The zero-order chi connectivity index (χ0) is 13.8. The van der Waals surface area contributed by atoms with Gasteiger partial charge < -0.3 is 16.4 Å². The third-order valence-corrected chi connectivity index (χ3v) is 3.86. The van der Waals surface area contributed by atoms with E-state index in [-0.39, 0.29) is 5.91 Å². The first-order chi connectivity index (χ1) is 9.11. The van der Waals surface area contributed by atoms with Crippen LogP contribution >= 0.6 is 11.3 Å².